The second-order valence-corrected chi connectivity index (χ2v) is 19.9. The van der Waals surface area contributed by atoms with Crippen molar-refractivity contribution in [1.29, 1.82) is 0 Å². The first kappa shape index (κ1) is 35.2. The molecule has 0 bridgehead atoms. The number of carbonyl (C=O) groups is 1. The van der Waals surface area contributed by atoms with Gasteiger partial charge in [0, 0.05) is 45.1 Å². The van der Waals surface area contributed by atoms with Crippen LogP contribution in [0.3, 0.4) is 0 Å². The summed E-state index contributed by atoms with van der Waals surface area (Å²) in [5.41, 5.74) is -0.906. The molecule has 14 atom stereocenters. The predicted molar refractivity (Wildman–Crippen MR) is 185 cm³/mol. The van der Waals surface area contributed by atoms with Crippen LogP contribution < -0.4 is 5.32 Å². The van der Waals surface area contributed by atoms with Gasteiger partial charge in [0.2, 0.25) is 0 Å². The quantitative estimate of drug-likeness (QED) is 0.327. The Morgan fingerprint density at radius 2 is 1.78 bits per heavy atom. The molecule has 0 aromatic heterocycles. The van der Waals surface area contributed by atoms with Crippen LogP contribution in [0.5, 0.6) is 0 Å². The minimum atomic E-state index is -1.25. The highest BCUT2D eigenvalue weighted by molar-refractivity contribution is 5.66. The first-order chi connectivity index (χ1) is 23.0. The summed E-state index contributed by atoms with van der Waals surface area (Å²) in [4.78, 5) is 14.7. The summed E-state index contributed by atoms with van der Waals surface area (Å²) in [6.07, 6.45) is 6.88. The smallest absolute Gasteiger partial charge is 0.303 e. The fraction of sp³-hybridized carbons (Fsp3) is 0.975. The Balaban J connectivity index is 1.01. The van der Waals surface area contributed by atoms with Crippen molar-refractivity contribution in [3.63, 3.8) is 0 Å². The number of esters is 1. The van der Waals surface area contributed by atoms with Crippen molar-refractivity contribution in [2.24, 2.45) is 56.7 Å². The van der Waals surface area contributed by atoms with Gasteiger partial charge >= 0.3 is 5.97 Å². The number of carbonyl (C=O) groups excluding carboxylic acids is 1. The largest absolute Gasteiger partial charge is 0.457 e. The standard InChI is InChI=1S/C40H66N2O7/c1-23-17-26(34(36(5,6)45)47-24(2)43)48-32-31(23)37(7)13-14-40-22-39(40)12-11-29(49-30-21-42(15-16-46-30)20-25-18-41-19-25)35(3,4)27(39)9-10-28(40)38(37,8)33(32)44/h23,25-34,41,44-45H,9-22H2,1-8H3/t23-,26?,27+,28?,29+,30+,31+,32?,33+,34+,37-,38-,39-,40+/m1/s1. The van der Waals surface area contributed by atoms with Crippen LogP contribution >= 0.6 is 0 Å². The third-order valence-electron chi connectivity index (χ3n) is 16.9. The van der Waals surface area contributed by atoms with E-state index in [1.54, 1.807) is 13.8 Å². The van der Waals surface area contributed by atoms with Crippen LogP contribution in [0.2, 0.25) is 0 Å². The van der Waals surface area contributed by atoms with Crippen molar-refractivity contribution in [1.82, 2.24) is 10.2 Å². The third kappa shape index (κ3) is 4.97. The number of ether oxygens (including phenoxy) is 4. The van der Waals surface area contributed by atoms with Crippen LogP contribution in [-0.4, -0.2) is 103 Å². The Bertz CT molecular complexity index is 1300. The van der Waals surface area contributed by atoms with Gasteiger partial charge in [0.1, 0.15) is 0 Å². The van der Waals surface area contributed by atoms with Crippen molar-refractivity contribution in [3.05, 3.63) is 0 Å². The molecule has 0 aromatic carbocycles. The molecular formula is C40H66N2O7. The Morgan fingerprint density at radius 3 is 2.45 bits per heavy atom. The number of nitrogens with zero attached hydrogens (tertiary/aromatic N) is 1. The number of hydrogen-bond acceptors (Lipinski definition) is 9. The van der Waals surface area contributed by atoms with Gasteiger partial charge in [-0.05, 0) is 116 Å². The molecule has 2 spiro atoms. The maximum atomic E-state index is 12.6. The first-order valence-electron chi connectivity index (χ1n) is 19.9. The lowest BCUT2D eigenvalue weighted by molar-refractivity contribution is -0.249. The van der Waals surface area contributed by atoms with E-state index in [0.717, 1.165) is 64.5 Å². The fourth-order valence-electron chi connectivity index (χ4n) is 14.5. The van der Waals surface area contributed by atoms with Gasteiger partial charge in [-0.15, -0.1) is 0 Å². The molecule has 5 aliphatic carbocycles. The van der Waals surface area contributed by atoms with E-state index >= 15 is 0 Å². The molecule has 3 unspecified atom stereocenters. The lowest BCUT2D eigenvalue weighted by Gasteiger charge is -2.64. The Labute approximate surface area is 294 Å². The van der Waals surface area contributed by atoms with Crippen LogP contribution in [0.15, 0.2) is 0 Å². The summed E-state index contributed by atoms with van der Waals surface area (Å²) >= 11 is 0. The molecular weight excluding hydrogens is 620 g/mol. The van der Waals surface area contributed by atoms with Gasteiger partial charge in [0.25, 0.3) is 0 Å². The van der Waals surface area contributed by atoms with E-state index in [2.05, 4.69) is 44.8 Å². The number of hydrogen-bond donors (Lipinski definition) is 3. The van der Waals surface area contributed by atoms with E-state index in [0.29, 0.717) is 23.7 Å². The lowest BCUT2D eigenvalue weighted by atomic mass is 9.41. The van der Waals surface area contributed by atoms with Crippen LogP contribution in [0.4, 0.5) is 0 Å². The minimum absolute atomic E-state index is 0.0464. The second kappa shape index (κ2) is 11.6. The number of aliphatic hydroxyl groups excluding tert-OH is 1. The Hall–Kier alpha value is -0.810. The van der Waals surface area contributed by atoms with E-state index in [1.165, 1.54) is 32.6 Å². The molecule has 8 aliphatic rings. The molecule has 8 rings (SSSR count). The summed E-state index contributed by atoms with van der Waals surface area (Å²) in [6.45, 7) is 23.0. The highest BCUT2D eigenvalue weighted by Crippen LogP contribution is 2.89. The molecule has 0 amide bonds. The second-order valence-electron chi connectivity index (χ2n) is 19.9. The van der Waals surface area contributed by atoms with Gasteiger partial charge in [0.05, 0.1) is 36.6 Å². The predicted octanol–water partition coefficient (Wildman–Crippen LogP) is 4.77. The Morgan fingerprint density at radius 1 is 1.06 bits per heavy atom. The van der Waals surface area contributed by atoms with Gasteiger partial charge in [-0.3, -0.25) is 9.69 Å². The van der Waals surface area contributed by atoms with Gasteiger partial charge < -0.3 is 34.5 Å². The van der Waals surface area contributed by atoms with Gasteiger partial charge in [0.15, 0.2) is 12.4 Å². The molecule has 49 heavy (non-hydrogen) atoms. The summed E-state index contributed by atoms with van der Waals surface area (Å²) in [7, 11) is 0. The van der Waals surface area contributed by atoms with Crippen molar-refractivity contribution >= 4 is 5.97 Å². The minimum Gasteiger partial charge on any atom is -0.457 e. The molecule has 5 saturated carbocycles. The molecule has 8 fully saturated rings. The zero-order valence-corrected chi connectivity index (χ0v) is 31.6. The van der Waals surface area contributed by atoms with Crippen LogP contribution in [0.25, 0.3) is 0 Å². The highest BCUT2D eigenvalue weighted by atomic mass is 16.7. The van der Waals surface area contributed by atoms with E-state index in [9.17, 15) is 15.0 Å². The fourth-order valence-corrected chi connectivity index (χ4v) is 14.5. The van der Waals surface area contributed by atoms with Crippen LogP contribution in [0, 0.1) is 56.7 Å². The first-order valence-corrected chi connectivity index (χ1v) is 19.9. The zero-order valence-electron chi connectivity index (χ0n) is 31.6. The van der Waals surface area contributed by atoms with Gasteiger partial charge in [-0.2, -0.15) is 0 Å². The maximum Gasteiger partial charge on any atom is 0.303 e. The van der Waals surface area contributed by atoms with Crippen molar-refractivity contribution in [2.75, 3.05) is 39.3 Å². The van der Waals surface area contributed by atoms with Crippen molar-refractivity contribution in [3.8, 4) is 0 Å². The summed E-state index contributed by atoms with van der Waals surface area (Å²) in [6, 6.07) is 0. The van der Waals surface area contributed by atoms with Gasteiger partial charge in [-0.1, -0.05) is 34.6 Å². The normalized spacial score (nSPS) is 51.3. The summed E-state index contributed by atoms with van der Waals surface area (Å²) in [5, 5.41) is 27.1. The average Bonchev–Trinajstić information content (AvgIpc) is 3.63. The molecule has 3 N–H and O–H groups in total. The molecule has 278 valence electrons. The van der Waals surface area contributed by atoms with E-state index in [4.69, 9.17) is 18.9 Å². The Kier molecular flexibility index (Phi) is 8.34. The molecule has 3 heterocycles. The zero-order chi connectivity index (χ0) is 34.9. The average molecular weight is 687 g/mol. The number of morpholine rings is 1. The number of rotatable bonds is 7. The molecule has 3 saturated heterocycles. The number of fused-ring (bicyclic) bond motifs is 4. The topological polar surface area (TPSA) is 110 Å². The monoisotopic (exact) mass is 686 g/mol. The molecule has 9 heteroatoms. The van der Waals surface area contributed by atoms with E-state index in [1.807, 2.05) is 0 Å². The molecule has 0 aromatic rings. The van der Waals surface area contributed by atoms with Crippen LogP contribution in [-0.2, 0) is 23.7 Å². The van der Waals surface area contributed by atoms with Gasteiger partial charge in [-0.25, -0.2) is 0 Å². The number of nitrogens with one attached hydrogen (secondary N) is 1. The van der Waals surface area contributed by atoms with E-state index in [-0.39, 0.29) is 52.0 Å². The molecule has 9 nitrogen and oxygen atoms in total. The van der Waals surface area contributed by atoms with Crippen molar-refractivity contribution < 1.29 is 34.0 Å². The SMILES string of the molecule is CC(=O)O[C@@H](C1C[C@@H](C)[C@H]2C(O1)[C@H](O)[C@@]1(C)C3CC[C@H]4C(C)(C)[C@@H](O[C@H]5CN(CC6CNC6)CCO5)CC[C@@]45C[C@@]35CC[C@]21C)C(C)(C)O. The number of aliphatic hydroxyl groups is 2. The summed E-state index contributed by atoms with van der Waals surface area (Å²) < 4.78 is 25.8. The lowest BCUT2D eigenvalue weighted by Crippen LogP contribution is -2.60. The van der Waals surface area contributed by atoms with Crippen molar-refractivity contribution in [2.45, 2.75) is 149 Å². The maximum absolute atomic E-state index is 12.6. The van der Waals surface area contributed by atoms with Crippen LogP contribution in [0.1, 0.15) is 107 Å². The highest BCUT2D eigenvalue weighted by Gasteiger charge is 2.84. The summed E-state index contributed by atoms with van der Waals surface area (Å²) in [5.74, 6) is 1.91. The molecule has 3 aliphatic heterocycles. The van der Waals surface area contributed by atoms with E-state index < -0.39 is 29.9 Å². The third-order valence-corrected chi connectivity index (χ3v) is 16.9. The molecule has 0 radical (unpaired) electrons.